The SMILES string of the molecule is COc1ccc(S(=O)(=O)N[C@@H](C)CN2CCOCC2)cc1. The van der Waals surface area contributed by atoms with Crippen molar-refractivity contribution < 1.29 is 17.9 Å². The largest absolute Gasteiger partial charge is 0.497 e. The van der Waals surface area contributed by atoms with Gasteiger partial charge in [-0.05, 0) is 31.2 Å². The molecular weight excluding hydrogens is 292 g/mol. The second-order valence-electron chi connectivity index (χ2n) is 5.11. The molecule has 1 N–H and O–H groups in total. The lowest BCUT2D eigenvalue weighted by Gasteiger charge is -2.29. The zero-order valence-corrected chi connectivity index (χ0v) is 13.2. The zero-order valence-electron chi connectivity index (χ0n) is 12.4. The highest BCUT2D eigenvalue weighted by atomic mass is 32.2. The summed E-state index contributed by atoms with van der Waals surface area (Å²) in [4.78, 5) is 2.45. The molecule has 0 aromatic heterocycles. The maximum atomic E-state index is 12.3. The van der Waals surface area contributed by atoms with Crippen LogP contribution in [-0.2, 0) is 14.8 Å². The number of hydrogen-bond donors (Lipinski definition) is 1. The molecule has 0 spiro atoms. The van der Waals surface area contributed by atoms with Gasteiger partial charge in [0.25, 0.3) is 0 Å². The van der Waals surface area contributed by atoms with Crippen molar-refractivity contribution in [1.29, 1.82) is 0 Å². The van der Waals surface area contributed by atoms with Crippen molar-refractivity contribution in [3.8, 4) is 5.75 Å². The number of morpholine rings is 1. The summed E-state index contributed by atoms with van der Waals surface area (Å²) in [6, 6.07) is 6.21. The summed E-state index contributed by atoms with van der Waals surface area (Å²) in [6.45, 7) is 5.65. The zero-order chi connectivity index (χ0) is 15.3. The van der Waals surface area contributed by atoms with Gasteiger partial charge in [-0.1, -0.05) is 0 Å². The van der Waals surface area contributed by atoms with Gasteiger partial charge in [-0.2, -0.15) is 0 Å². The van der Waals surface area contributed by atoms with Crippen LogP contribution in [0.5, 0.6) is 5.75 Å². The lowest BCUT2D eigenvalue weighted by Crippen LogP contribution is -2.45. The third-order valence-electron chi connectivity index (χ3n) is 3.36. The summed E-state index contributed by atoms with van der Waals surface area (Å²) < 4.78 is 37.6. The van der Waals surface area contributed by atoms with E-state index in [2.05, 4.69) is 9.62 Å². The van der Waals surface area contributed by atoms with Gasteiger partial charge < -0.3 is 9.47 Å². The summed E-state index contributed by atoms with van der Waals surface area (Å²) >= 11 is 0. The van der Waals surface area contributed by atoms with E-state index in [1.54, 1.807) is 31.4 Å². The molecule has 0 amide bonds. The summed E-state index contributed by atoms with van der Waals surface area (Å²) in [6.07, 6.45) is 0. The fourth-order valence-corrected chi connectivity index (χ4v) is 3.53. The Morgan fingerprint density at radius 2 is 1.90 bits per heavy atom. The van der Waals surface area contributed by atoms with Crippen molar-refractivity contribution in [1.82, 2.24) is 9.62 Å². The van der Waals surface area contributed by atoms with Gasteiger partial charge in [-0.25, -0.2) is 13.1 Å². The van der Waals surface area contributed by atoms with Crippen LogP contribution in [0.2, 0.25) is 0 Å². The number of ether oxygens (including phenoxy) is 2. The minimum absolute atomic E-state index is 0.157. The summed E-state index contributed by atoms with van der Waals surface area (Å²) in [7, 11) is -1.95. The van der Waals surface area contributed by atoms with Crippen molar-refractivity contribution in [3.63, 3.8) is 0 Å². The molecule has 7 heteroatoms. The summed E-state index contributed by atoms with van der Waals surface area (Å²) in [5.74, 6) is 0.635. The highest BCUT2D eigenvalue weighted by molar-refractivity contribution is 7.89. The van der Waals surface area contributed by atoms with E-state index in [9.17, 15) is 8.42 Å². The van der Waals surface area contributed by atoms with E-state index >= 15 is 0 Å². The van der Waals surface area contributed by atoms with Crippen molar-refractivity contribution in [3.05, 3.63) is 24.3 Å². The van der Waals surface area contributed by atoms with Crippen LogP contribution in [0.15, 0.2) is 29.2 Å². The molecule has 1 aliphatic heterocycles. The van der Waals surface area contributed by atoms with Crippen molar-refractivity contribution >= 4 is 10.0 Å². The predicted molar refractivity (Wildman–Crippen MR) is 80.0 cm³/mol. The van der Waals surface area contributed by atoms with Crippen LogP contribution in [0, 0.1) is 0 Å². The topological polar surface area (TPSA) is 67.9 Å². The summed E-state index contributed by atoms with van der Waals surface area (Å²) in [5, 5.41) is 0. The first-order valence-electron chi connectivity index (χ1n) is 6.98. The minimum Gasteiger partial charge on any atom is -0.497 e. The Kier molecular flexibility index (Phi) is 5.58. The molecule has 0 unspecified atom stereocenters. The quantitative estimate of drug-likeness (QED) is 0.837. The molecule has 118 valence electrons. The molecule has 2 rings (SSSR count). The molecule has 1 aliphatic rings. The second-order valence-corrected chi connectivity index (χ2v) is 6.82. The molecule has 1 atom stereocenters. The van der Waals surface area contributed by atoms with Gasteiger partial charge in [-0.15, -0.1) is 0 Å². The lowest BCUT2D eigenvalue weighted by molar-refractivity contribution is 0.0354. The van der Waals surface area contributed by atoms with E-state index in [0.29, 0.717) is 25.5 Å². The normalized spacial score (nSPS) is 18.4. The molecule has 1 aromatic carbocycles. The maximum Gasteiger partial charge on any atom is 0.240 e. The van der Waals surface area contributed by atoms with Gasteiger partial charge in [0.05, 0.1) is 25.2 Å². The maximum absolute atomic E-state index is 12.3. The molecular formula is C14H22N2O4S. The van der Waals surface area contributed by atoms with Gasteiger partial charge in [-0.3, -0.25) is 4.90 Å². The standard InChI is InChI=1S/C14H22N2O4S/c1-12(11-16-7-9-20-10-8-16)15-21(17,18)14-5-3-13(19-2)4-6-14/h3-6,12,15H,7-11H2,1-2H3/t12-/m0/s1. The molecule has 0 radical (unpaired) electrons. The van der Waals surface area contributed by atoms with Crippen LogP contribution in [0.1, 0.15) is 6.92 Å². The first kappa shape index (κ1) is 16.2. The third-order valence-corrected chi connectivity index (χ3v) is 4.97. The Hall–Kier alpha value is -1.15. The lowest BCUT2D eigenvalue weighted by atomic mass is 10.3. The van der Waals surface area contributed by atoms with Crippen molar-refractivity contribution in [2.45, 2.75) is 17.9 Å². The van der Waals surface area contributed by atoms with Gasteiger partial charge in [0.1, 0.15) is 5.75 Å². The number of methoxy groups -OCH3 is 1. The van der Waals surface area contributed by atoms with Crippen molar-refractivity contribution in [2.75, 3.05) is 40.0 Å². The van der Waals surface area contributed by atoms with E-state index in [4.69, 9.17) is 9.47 Å². The molecule has 6 nitrogen and oxygen atoms in total. The average Bonchev–Trinajstić information content (AvgIpc) is 2.47. The first-order valence-corrected chi connectivity index (χ1v) is 8.46. The van der Waals surface area contributed by atoms with Crippen LogP contribution in [0.25, 0.3) is 0 Å². The van der Waals surface area contributed by atoms with Gasteiger partial charge >= 0.3 is 0 Å². The Labute approximate surface area is 126 Å². The smallest absolute Gasteiger partial charge is 0.240 e. The van der Waals surface area contributed by atoms with E-state index in [1.807, 2.05) is 6.92 Å². The third kappa shape index (κ3) is 4.67. The minimum atomic E-state index is -3.50. The molecule has 0 aliphatic carbocycles. The number of nitrogens with one attached hydrogen (secondary N) is 1. The van der Waals surface area contributed by atoms with Gasteiger partial charge in [0.2, 0.25) is 10.0 Å². The molecule has 1 fully saturated rings. The molecule has 1 aromatic rings. The average molecular weight is 314 g/mol. The molecule has 1 heterocycles. The Morgan fingerprint density at radius 1 is 1.29 bits per heavy atom. The highest BCUT2D eigenvalue weighted by Gasteiger charge is 2.20. The van der Waals surface area contributed by atoms with Crippen molar-refractivity contribution in [2.24, 2.45) is 0 Å². The Bertz CT molecular complexity index is 539. The second kappa shape index (κ2) is 7.22. The number of nitrogens with zero attached hydrogens (tertiary/aromatic N) is 1. The predicted octanol–water partition coefficient (Wildman–Crippen LogP) is 0.694. The van der Waals surface area contributed by atoms with Crippen LogP contribution in [0.3, 0.4) is 0 Å². The van der Waals surface area contributed by atoms with E-state index in [-0.39, 0.29) is 10.9 Å². The van der Waals surface area contributed by atoms with E-state index in [1.165, 1.54) is 0 Å². The Morgan fingerprint density at radius 3 is 2.48 bits per heavy atom. The Balaban J connectivity index is 1.95. The fraction of sp³-hybridized carbons (Fsp3) is 0.571. The molecule has 21 heavy (non-hydrogen) atoms. The molecule has 1 saturated heterocycles. The van der Waals surface area contributed by atoms with Crippen LogP contribution in [0.4, 0.5) is 0 Å². The number of hydrogen-bond acceptors (Lipinski definition) is 5. The van der Waals surface area contributed by atoms with Crippen LogP contribution >= 0.6 is 0 Å². The van der Waals surface area contributed by atoms with Crippen LogP contribution < -0.4 is 9.46 Å². The fourth-order valence-electron chi connectivity index (χ4n) is 2.30. The first-order chi connectivity index (χ1) is 10.0. The number of benzene rings is 1. The molecule has 0 bridgehead atoms. The number of rotatable bonds is 6. The highest BCUT2D eigenvalue weighted by Crippen LogP contribution is 2.15. The van der Waals surface area contributed by atoms with E-state index in [0.717, 1.165) is 13.1 Å². The number of sulfonamides is 1. The van der Waals surface area contributed by atoms with E-state index < -0.39 is 10.0 Å². The molecule has 0 saturated carbocycles. The summed E-state index contributed by atoms with van der Waals surface area (Å²) in [5.41, 5.74) is 0. The van der Waals surface area contributed by atoms with Gasteiger partial charge in [0, 0.05) is 25.7 Å². The van der Waals surface area contributed by atoms with Gasteiger partial charge in [0.15, 0.2) is 0 Å². The van der Waals surface area contributed by atoms with Crippen LogP contribution in [-0.4, -0.2) is 59.3 Å². The monoisotopic (exact) mass is 314 g/mol.